The first kappa shape index (κ1) is 14.1. The molecule has 0 bridgehead atoms. The van der Waals surface area contributed by atoms with Crippen LogP contribution in [0.5, 0.6) is 0 Å². The molecule has 1 aromatic rings. The van der Waals surface area contributed by atoms with Crippen LogP contribution in [0.2, 0.25) is 5.15 Å². The molecule has 17 heavy (non-hydrogen) atoms. The number of nitrogens with zero attached hydrogens (tertiary/aromatic N) is 2. The molecule has 0 saturated heterocycles. The van der Waals surface area contributed by atoms with Crippen LogP contribution in [0.1, 0.15) is 10.5 Å². The van der Waals surface area contributed by atoms with Crippen molar-refractivity contribution in [2.24, 2.45) is 0 Å². The number of hydrogen-bond donors (Lipinski definition) is 0. The zero-order chi connectivity index (χ0) is 13.2. The van der Waals surface area contributed by atoms with Gasteiger partial charge < -0.3 is 9.64 Å². The Labute approximate surface area is 108 Å². The lowest BCUT2D eigenvalue weighted by Crippen LogP contribution is -2.17. The number of esters is 1. The van der Waals surface area contributed by atoms with Gasteiger partial charge in [0, 0.05) is 14.1 Å². The van der Waals surface area contributed by atoms with Crippen LogP contribution in [0, 0.1) is 5.82 Å². The number of halogens is 2. The van der Waals surface area contributed by atoms with Gasteiger partial charge in [0.2, 0.25) is 0 Å². The van der Waals surface area contributed by atoms with E-state index in [9.17, 15) is 9.18 Å². The normalized spacial score (nSPS) is 10.2. The van der Waals surface area contributed by atoms with Gasteiger partial charge >= 0.3 is 5.97 Å². The van der Waals surface area contributed by atoms with Crippen molar-refractivity contribution >= 4 is 35.0 Å². The molecule has 94 valence electrons. The number of anilines is 1. The molecule has 7 heteroatoms. The summed E-state index contributed by atoms with van der Waals surface area (Å²) in [5, 5.41) is -0.341. The average Bonchev–Trinajstić information content (AvgIpc) is 2.30. The molecular weight excluding hydrogens is 267 g/mol. The Kier molecular flexibility index (Phi) is 4.59. The molecule has 1 aromatic heterocycles. The molecule has 0 aromatic carbocycles. The number of carbonyl (C=O) groups excluding carboxylic acids is 1. The lowest BCUT2D eigenvalue weighted by molar-refractivity contribution is 0.0589. The minimum atomic E-state index is -0.645. The standard InChI is InChI=1S/C10H12ClFN2O2S/c1-14(2)7-5(12)9(11)13-6(8(7)17-4)10(15)16-3/h1-4H3. The number of aromatic nitrogens is 1. The van der Waals surface area contributed by atoms with Crippen molar-refractivity contribution < 1.29 is 13.9 Å². The smallest absolute Gasteiger partial charge is 0.357 e. The SMILES string of the molecule is COC(=O)c1nc(Cl)c(F)c(N(C)C)c1SC. The summed E-state index contributed by atoms with van der Waals surface area (Å²) in [4.78, 5) is 17.2. The number of pyridine rings is 1. The van der Waals surface area contributed by atoms with Crippen molar-refractivity contribution in [2.45, 2.75) is 4.90 Å². The summed E-state index contributed by atoms with van der Waals surface area (Å²) in [5.74, 6) is -1.28. The van der Waals surface area contributed by atoms with Gasteiger partial charge in [-0.1, -0.05) is 11.6 Å². The van der Waals surface area contributed by atoms with E-state index < -0.39 is 11.8 Å². The topological polar surface area (TPSA) is 42.4 Å². The van der Waals surface area contributed by atoms with E-state index >= 15 is 0 Å². The van der Waals surface area contributed by atoms with Crippen LogP contribution in [0.15, 0.2) is 4.90 Å². The molecule has 0 aliphatic rings. The highest BCUT2D eigenvalue weighted by Gasteiger charge is 2.24. The van der Waals surface area contributed by atoms with Gasteiger partial charge in [0.25, 0.3) is 0 Å². The van der Waals surface area contributed by atoms with Gasteiger partial charge in [-0.05, 0) is 6.26 Å². The molecule has 0 aliphatic heterocycles. The van der Waals surface area contributed by atoms with Crippen LogP contribution in [-0.4, -0.2) is 38.4 Å². The second kappa shape index (κ2) is 5.55. The molecule has 0 saturated carbocycles. The first-order chi connectivity index (χ1) is 7.93. The summed E-state index contributed by atoms with van der Waals surface area (Å²) in [7, 11) is 4.56. The first-order valence-electron chi connectivity index (χ1n) is 4.62. The predicted molar refractivity (Wildman–Crippen MR) is 66.7 cm³/mol. The molecule has 1 heterocycles. The Morgan fingerprint density at radius 1 is 1.53 bits per heavy atom. The van der Waals surface area contributed by atoms with Crippen LogP contribution in [0.4, 0.5) is 10.1 Å². The van der Waals surface area contributed by atoms with Gasteiger partial charge in [-0.25, -0.2) is 14.2 Å². The largest absolute Gasteiger partial charge is 0.464 e. The molecule has 0 N–H and O–H groups in total. The zero-order valence-corrected chi connectivity index (χ0v) is 11.4. The number of carbonyl (C=O) groups is 1. The van der Waals surface area contributed by atoms with Crippen molar-refractivity contribution in [3.05, 3.63) is 16.7 Å². The van der Waals surface area contributed by atoms with E-state index in [0.29, 0.717) is 4.90 Å². The van der Waals surface area contributed by atoms with Crippen LogP contribution in [0.25, 0.3) is 0 Å². The van der Waals surface area contributed by atoms with E-state index in [4.69, 9.17) is 11.6 Å². The molecule has 0 aliphatic carbocycles. The van der Waals surface area contributed by atoms with Gasteiger partial charge in [-0.15, -0.1) is 11.8 Å². The zero-order valence-electron chi connectivity index (χ0n) is 9.88. The third kappa shape index (κ3) is 2.63. The van der Waals surface area contributed by atoms with Gasteiger partial charge in [0.05, 0.1) is 17.7 Å². The van der Waals surface area contributed by atoms with Gasteiger partial charge in [0.15, 0.2) is 16.7 Å². The molecule has 4 nitrogen and oxygen atoms in total. The average molecular weight is 279 g/mol. The number of methoxy groups -OCH3 is 1. The second-order valence-electron chi connectivity index (χ2n) is 3.33. The maximum absolute atomic E-state index is 13.8. The number of rotatable bonds is 3. The summed E-state index contributed by atoms with van der Waals surface area (Å²) < 4.78 is 18.4. The molecule has 0 amide bonds. The number of ether oxygens (including phenoxy) is 1. The van der Waals surface area contributed by atoms with Gasteiger partial charge in [-0.2, -0.15) is 0 Å². The monoisotopic (exact) mass is 278 g/mol. The van der Waals surface area contributed by atoms with E-state index in [-0.39, 0.29) is 16.5 Å². The molecule has 0 radical (unpaired) electrons. The minimum Gasteiger partial charge on any atom is -0.464 e. The lowest BCUT2D eigenvalue weighted by atomic mass is 10.3. The summed E-state index contributed by atoms with van der Waals surface area (Å²) in [6.45, 7) is 0. The second-order valence-corrected chi connectivity index (χ2v) is 4.51. The number of thioether (sulfide) groups is 1. The number of hydrogen-bond acceptors (Lipinski definition) is 5. The van der Waals surface area contributed by atoms with Crippen molar-refractivity contribution in [1.29, 1.82) is 0 Å². The maximum atomic E-state index is 13.8. The van der Waals surface area contributed by atoms with Gasteiger partial charge in [0.1, 0.15) is 0 Å². The van der Waals surface area contributed by atoms with Crippen molar-refractivity contribution in [3.63, 3.8) is 0 Å². The van der Waals surface area contributed by atoms with Crippen molar-refractivity contribution in [1.82, 2.24) is 4.98 Å². The highest BCUT2D eigenvalue weighted by atomic mass is 35.5. The highest BCUT2D eigenvalue weighted by molar-refractivity contribution is 7.98. The van der Waals surface area contributed by atoms with Crippen LogP contribution < -0.4 is 4.90 Å². The minimum absolute atomic E-state index is 0.0232. The third-order valence-corrected chi connectivity index (χ3v) is 3.10. The van der Waals surface area contributed by atoms with E-state index in [0.717, 1.165) is 0 Å². The summed E-state index contributed by atoms with van der Waals surface area (Å²) in [6, 6.07) is 0. The van der Waals surface area contributed by atoms with E-state index in [1.54, 1.807) is 25.3 Å². The van der Waals surface area contributed by atoms with Crippen LogP contribution in [0.3, 0.4) is 0 Å². The molecule has 1 rings (SSSR count). The Balaban J connectivity index is 3.57. The Bertz CT molecular complexity index is 454. The Hall–Kier alpha value is -1.01. The molecule has 0 atom stereocenters. The summed E-state index contributed by atoms with van der Waals surface area (Å²) >= 11 is 6.88. The van der Waals surface area contributed by atoms with Crippen molar-refractivity contribution in [2.75, 3.05) is 32.4 Å². The first-order valence-corrected chi connectivity index (χ1v) is 6.22. The fourth-order valence-electron chi connectivity index (χ4n) is 1.34. The Morgan fingerprint density at radius 3 is 2.53 bits per heavy atom. The summed E-state index contributed by atoms with van der Waals surface area (Å²) in [6.07, 6.45) is 1.73. The molecular formula is C10H12ClFN2O2S. The fraction of sp³-hybridized carbons (Fsp3) is 0.400. The molecule has 0 spiro atoms. The molecule has 0 fully saturated rings. The third-order valence-electron chi connectivity index (χ3n) is 2.06. The Morgan fingerprint density at radius 2 is 2.12 bits per heavy atom. The lowest BCUT2D eigenvalue weighted by Gasteiger charge is -2.19. The van der Waals surface area contributed by atoms with Crippen LogP contribution in [-0.2, 0) is 4.74 Å². The molecule has 0 unspecified atom stereocenters. The van der Waals surface area contributed by atoms with Crippen molar-refractivity contribution in [3.8, 4) is 0 Å². The fourth-order valence-corrected chi connectivity index (χ4v) is 2.30. The van der Waals surface area contributed by atoms with E-state index in [2.05, 4.69) is 9.72 Å². The van der Waals surface area contributed by atoms with Crippen LogP contribution >= 0.6 is 23.4 Å². The highest BCUT2D eigenvalue weighted by Crippen LogP contribution is 2.35. The quantitative estimate of drug-likeness (QED) is 0.483. The van der Waals surface area contributed by atoms with Gasteiger partial charge in [-0.3, -0.25) is 0 Å². The predicted octanol–water partition coefficient (Wildman–Crippen LogP) is 2.45. The maximum Gasteiger partial charge on any atom is 0.357 e. The van der Waals surface area contributed by atoms with E-state index in [1.807, 2.05) is 0 Å². The van der Waals surface area contributed by atoms with E-state index in [1.165, 1.54) is 18.9 Å². The summed E-state index contributed by atoms with van der Waals surface area (Å²) in [5.41, 5.74) is 0.257.